The molecule has 3 aliphatic rings. The fourth-order valence-electron chi connectivity index (χ4n) is 7.12. The number of rotatable bonds is 10. The topological polar surface area (TPSA) is 128 Å². The molecule has 3 N–H and O–H groups in total. The third kappa shape index (κ3) is 7.48. The van der Waals surface area contributed by atoms with Crippen molar-refractivity contribution in [1.29, 1.82) is 0 Å². The Morgan fingerprint density at radius 2 is 1.61 bits per heavy atom. The molecule has 1 aromatic heterocycles. The summed E-state index contributed by atoms with van der Waals surface area (Å²) in [5.74, 6) is 1.87. The van der Waals surface area contributed by atoms with Crippen LogP contribution >= 0.6 is 23.9 Å². The average molecular weight is 670 g/mol. The summed E-state index contributed by atoms with van der Waals surface area (Å²) < 4.78 is 10.1. The molecule has 1 atom stereocenters. The van der Waals surface area contributed by atoms with Crippen LogP contribution in [0, 0.1) is 0 Å². The molecule has 1 saturated carbocycles. The normalized spacial score (nSPS) is 21.1. The number of benzene rings is 2. The number of H-pyrrole nitrogens is 1. The molecule has 2 aromatic carbocycles. The first-order valence-electron chi connectivity index (χ1n) is 16.3. The maximum Gasteiger partial charge on any atom is 0.323 e. The van der Waals surface area contributed by atoms with Crippen LogP contribution in [0.15, 0.2) is 53.3 Å². The van der Waals surface area contributed by atoms with Crippen LogP contribution in [0.25, 0.3) is 11.4 Å². The molecule has 2 saturated heterocycles. The van der Waals surface area contributed by atoms with Gasteiger partial charge in [-0.2, -0.15) is 4.37 Å². The van der Waals surface area contributed by atoms with Crippen molar-refractivity contribution in [2.45, 2.75) is 94.9 Å². The zero-order valence-electron chi connectivity index (χ0n) is 26.3. The van der Waals surface area contributed by atoms with Crippen molar-refractivity contribution in [1.82, 2.24) is 24.5 Å². The smallest absolute Gasteiger partial charge is 0.323 e. The van der Waals surface area contributed by atoms with E-state index >= 15 is 0 Å². The third-order valence-corrected chi connectivity index (χ3v) is 10.3. The monoisotopic (exact) mass is 669 g/mol. The lowest BCUT2D eigenvalue weighted by molar-refractivity contribution is -0.163. The van der Waals surface area contributed by atoms with Crippen LogP contribution in [-0.2, 0) is 16.1 Å². The van der Waals surface area contributed by atoms with Crippen molar-refractivity contribution < 1.29 is 19.4 Å². The van der Waals surface area contributed by atoms with Crippen molar-refractivity contribution in [3.8, 4) is 22.9 Å². The Balaban J connectivity index is 0.00000417. The highest BCUT2D eigenvalue weighted by atomic mass is 35.5. The van der Waals surface area contributed by atoms with E-state index < -0.39 is 17.2 Å². The molecule has 3 aromatic rings. The first-order valence-corrected chi connectivity index (χ1v) is 17.0. The lowest BCUT2D eigenvalue weighted by atomic mass is 9.77. The number of amides is 2. The van der Waals surface area contributed by atoms with Crippen LogP contribution < -0.4 is 14.9 Å². The number of aromatic amines is 1. The molecule has 1 spiro atoms. The molecule has 1 aliphatic carbocycles. The number of carbonyl (C=O) groups excluding carboxylic acids is 2. The van der Waals surface area contributed by atoms with Gasteiger partial charge in [-0.3, -0.25) is 24.3 Å². The molecule has 3 heterocycles. The van der Waals surface area contributed by atoms with Gasteiger partial charge in [0.1, 0.15) is 23.1 Å². The van der Waals surface area contributed by atoms with Crippen molar-refractivity contribution in [2.24, 2.45) is 0 Å². The standard InChI is InChI=1S/C34H43N5O5S.ClH/c1-2-3-19-39-30(40)28(22-33(43)15-5-4-6-16-33)35-31(41)34(39)17-20-38(21-18-34)23-24-7-11-26(12-8-24)44-27-13-9-25(10-14-27)29-36-32(42)45-37-29;/h7-14,28,43H,2-6,15-23H2,1H3,(H,35,41)(H,36,37,42);1H/t28-;/m1./s1. The SMILES string of the molecule is CCCCN1C(=O)[C@@H](CC2(O)CCCCC2)NC(=O)C12CCN(Cc1ccc(Oc3ccc(-c4nsc(=O)[nH]4)cc3)cc1)CC2.Cl. The molecule has 0 bridgehead atoms. The minimum Gasteiger partial charge on any atom is -0.457 e. The molecule has 12 heteroatoms. The quantitative estimate of drug-likeness (QED) is 0.269. The summed E-state index contributed by atoms with van der Waals surface area (Å²) in [4.78, 5) is 45.7. The number of piperazine rings is 1. The lowest BCUT2D eigenvalue weighted by Crippen LogP contribution is -2.73. The Morgan fingerprint density at radius 1 is 0.957 bits per heavy atom. The molecule has 0 unspecified atom stereocenters. The fraction of sp³-hybridized carbons (Fsp3) is 0.529. The summed E-state index contributed by atoms with van der Waals surface area (Å²) in [7, 11) is 0. The van der Waals surface area contributed by atoms with E-state index in [1.54, 1.807) is 0 Å². The highest BCUT2D eigenvalue weighted by molar-refractivity contribution is 7.03. The summed E-state index contributed by atoms with van der Waals surface area (Å²) in [6, 6.07) is 14.8. The van der Waals surface area contributed by atoms with Gasteiger partial charge in [-0.15, -0.1) is 12.4 Å². The minimum atomic E-state index is -0.869. The number of aromatic nitrogens is 2. The average Bonchev–Trinajstić information content (AvgIpc) is 3.48. The van der Waals surface area contributed by atoms with Crippen LogP contribution in [0.1, 0.15) is 76.7 Å². The van der Waals surface area contributed by atoms with Crippen molar-refractivity contribution in [3.05, 3.63) is 63.8 Å². The Labute approximate surface area is 280 Å². The molecule has 2 aliphatic heterocycles. The number of nitrogens with zero attached hydrogens (tertiary/aromatic N) is 3. The maximum atomic E-state index is 13.8. The van der Waals surface area contributed by atoms with E-state index in [9.17, 15) is 19.5 Å². The second kappa shape index (κ2) is 14.7. The summed E-state index contributed by atoms with van der Waals surface area (Å²) in [5, 5.41) is 14.2. The first kappa shape index (κ1) is 34.1. The van der Waals surface area contributed by atoms with Crippen LogP contribution in [-0.4, -0.2) is 72.9 Å². The number of likely N-dealkylation sites (tertiary alicyclic amines) is 1. The van der Waals surface area contributed by atoms with Crippen LogP contribution in [0.3, 0.4) is 0 Å². The van der Waals surface area contributed by atoms with Gasteiger partial charge in [0, 0.05) is 49.7 Å². The van der Waals surface area contributed by atoms with Crippen LogP contribution in [0.4, 0.5) is 0 Å². The molecule has 0 radical (unpaired) electrons. The van der Waals surface area contributed by atoms with Crippen molar-refractivity contribution in [2.75, 3.05) is 19.6 Å². The van der Waals surface area contributed by atoms with Gasteiger partial charge in [-0.05, 0) is 74.1 Å². The summed E-state index contributed by atoms with van der Waals surface area (Å²) >= 11 is 0.897. The number of carbonyl (C=O) groups is 2. The largest absolute Gasteiger partial charge is 0.457 e. The van der Waals surface area contributed by atoms with Crippen LogP contribution in [0.2, 0.25) is 0 Å². The maximum absolute atomic E-state index is 13.8. The molecule has 248 valence electrons. The van der Waals surface area contributed by atoms with E-state index in [2.05, 4.69) is 38.6 Å². The summed E-state index contributed by atoms with van der Waals surface area (Å²) in [6.45, 7) is 4.86. The first-order chi connectivity index (χ1) is 21.8. The Kier molecular flexibility index (Phi) is 10.9. The number of halogens is 1. The van der Waals surface area contributed by atoms with E-state index in [0.717, 1.165) is 67.1 Å². The highest BCUT2D eigenvalue weighted by Crippen LogP contribution is 2.38. The van der Waals surface area contributed by atoms with Gasteiger partial charge >= 0.3 is 4.87 Å². The molecule has 46 heavy (non-hydrogen) atoms. The van der Waals surface area contributed by atoms with Crippen molar-refractivity contribution in [3.63, 3.8) is 0 Å². The predicted octanol–water partition coefficient (Wildman–Crippen LogP) is 5.26. The number of piperidine rings is 1. The summed E-state index contributed by atoms with van der Waals surface area (Å²) in [6.07, 6.45) is 7.73. The number of aliphatic hydroxyl groups is 1. The minimum absolute atomic E-state index is 0. The van der Waals surface area contributed by atoms with Gasteiger partial charge in [0.2, 0.25) is 11.8 Å². The van der Waals surface area contributed by atoms with E-state index in [4.69, 9.17) is 4.74 Å². The molecular weight excluding hydrogens is 626 g/mol. The number of unbranched alkanes of at least 4 members (excludes halogenated alkanes) is 1. The number of hydrogen-bond acceptors (Lipinski definition) is 8. The fourth-order valence-corrected chi connectivity index (χ4v) is 7.59. The van der Waals surface area contributed by atoms with E-state index in [1.165, 1.54) is 0 Å². The van der Waals surface area contributed by atoms with Gasteiger partial charge in [0.25, 0.3) is 0 Å². The molecule has 10 nitrogen and oxygen atoms in total. The Hall–Kier alpha value is -3.25. The van der Waals surface area contributed by atoms with E-state index in [0.29, 0.717) is 63.3 Å². The summed E-state index contributed by atoms with van der Waals surface area (Å²) in [5.41, 5.74) is 0.275. The van der Waals surface area contributed by atoms with Crippen molar-refractivity contribution >= 4 is 35.8 Å². The van der Waals surface area contributed by atoms with Gasteiger partial charge in [0.05, 0.1) is 5.60 Å². The molecule has 3 fully saturated rings. The Bertz CT molecular complexity index is 1530. The van der Waals surface area contributed by atoms with Gasteiger partial charge in [-0.1, -0.05) is 44.7 Å². The Morgan fingerprint density at radius 3 is 2.22 bits per heavy atom. The zero-order chi connectivity index (χ0) is 31.4. The van der Waals surface area contributed by atoms with Gasteiger partial charge in [-0.25, -0.2) is 0 Å². The van der Waals surface area contributed by atoms with Gasteiger partial charge < -0.3 is 20.1 Å². The lowest BCUT2D eigenvalue weighted by Gasteiger charge is -2.52. The zero-order valence-corrected chi connectivity index (χ0v) is 28.0. The highest BCUT2D eigenvalue weighted by Gasteiger charge is 2.54. The van der Waals surface area contributed by atoms with Gasteiger partial charge in [0.15, 0.2) is 5.82 Å². The van der Waals surface area contributed by atoms with E-state index in [1.807, 2.05) is 41.3 Å². The molecule has 2 amide bonds. The predicted molar refractivity (Wildman–Crippen MR) is 180 cm³/mol. The van der Waals surface area contributed by atoms with E-state index in [-0.39, 0.29) is 29.1 Å². The third-order valence-electron chi connectivity index (χ3n) is 9.73. The number of nitrogens with one attached hydrogen (secondary N) is 2. The molecule has 6 rings (SSSR count). The second-order valence-electron chi connectivity index (χ2n) is 12.9. The number of hydrogen-bond donors (Lipinski definition) is 3. The second-order valence-corrected chi connectivity index (χ2v) is 13.6. The number of ether oxygens (including phenoxy) is 1. The molecular formula is C34H44ClN5O5S. The van der Waals surface area contributed by atoms with Crippen LogP contribution in [0.5, 0.6) is 11.5 Å².